The van der Waals surface area contributed by atoms with Gasteiger partial charge in [-0.15, -0.1) is 0 Å². The maximum absolute atomic E-state index is 6.25. The van der Waals surface area contributed by atoms with E-state index in [1.807, 2.05) is 4.68 Å². The Morgan fingerprint density at radius 1 is 1.42 bits per heavy atom. The zero-order valence-corrected chi connectivity index (χ0v) is 12.7. The normalized spacial score (nSPS) is 18.6. The molecule has 19 heavy (non-hydrogen) atoms. The van der Waals surface area contributed by atoms with E-state index in [2.05, 4.69) is 28.8 Å². The lowest BCUT2D eigenvalue weighted by atomic mass is 10.0. The van der Waals surface area contributed by atoms with Crippen molar-refractivity contribution < 1.29 is 0 Å². The fraction of sp³-hybridized carbons (Fsp3) is 0.857. The Hall–Kier alpha value is -0.550. The van der Waals surface area contributed by atoms with Gasteiger partial charge in [0.15, 0.2) is 0 Å². The van der Waals surface area contributed by atoms with Gasteiger partial charge in [-0.3, -0.25) is 4.68 Å². The average Bonchev–Trinajstić information content (AvgIpc) is 2.85. The maximum Gasteiger partial charge on any atom is 0.138 e. The first kappa shape index (κ1) is 14.9. The number of nitrogens with two attached hydrogens (primary N) is 1. The summed E-state index contributed by atoms with van der Waals surface area (Å²) in [5.41, 5.74) is 6.25. The molecule has 2 rings (SSSR count). The lowest BCUT2D eigenvalue weighted by Crippen LogP contribution is -2.28. The summed E-state index contributed by atoms with van der Waals surface area (Å²) in [6.07, 6.45) is 10.6. The molecule has 0 aromatic carbocycles. The minimum absolute atomic E-state index is 0.201. The average molecular weight is 282 g/mol. The van der Waals surface area contributed by atoms with Gasteiger partial charge < -0.3 is 5.73 Å². The highest BCUT2D eigenvalue weighted by atomic mass is 32.2. The fourth-order valence-electron chi connectivity index (χ4n) is 2.63. The second kappa shape index (κ2) is 7.90. The molecule has 0 saturated heterocycles. The maximum atomic E-state index is 6.25. The van der Waals surface area contributed by atoms with Crippen molar-refractivity contribution in [2.75, 3.05) is 5.75 Å². The molecule has 1 saturated carbocycles. The molecule has 2 N–H and O–H groups in total. The molecule has 1 unspecified atom stereocenters. The third kappa shape index (κ3) is 4.80. The smallest absolute Gasteiger partial charge is 0.138 e. The molecule has 0 aliphatic heterocycles. The van der Waals surface area contributed by atoms with Crippen LogP contribution in [0.5, 0.6) is 0 Å². The summed E-state index contributed by atoms with van der Waals surface area (Å²) in [6.45, 7) is 3.10. The topological polar surface area (TPSA) is 56.7 Å². The van der Waals surface area contributed by atoms with Crippen LogP contribution in [-0.2, 0) is 13.0 Å². The van der Waals surface area contributed by atoms with E-state index in [9.17, 15) is 0 Å². The second-order valence-corrected chi connectivity index (χ2v) is 6.79. The summed E-state index contributed by atoms with van der Waals surface area (Å²) in [6, 6.07) is 0.201. The predicted molar refractivity (Wildman–Crippen MR) is 81.3 cm³/mol. The van der Waals surface area contributed by atoms with Gasteiger partial charge in [0.25, 0.3) is 0 Å². The molecular formula is C14H26N4S. The van der Waals surface area contributed by atoms with Crippen LogP contribution in [0.2, 0.25) is 0 Å². The molecule has 108 valence electrons. The van der Waals surface area contributed by atoms with Crippen LogP contribution < -0.4 is 5.73 Å². The zero-order valence-electron chi connectivity index (χ0n) is 11.9. The lowest BCUT2D eigenvalue weighted by molar-refractivity contribution is 0.514. The highest BCUT2D eigenvalue weighted by Crippen LogP contribution is 2.28. The number of thioether (sulfide) groups is 1. The number of aryl methyl sites for hydroxylation is 1. The van der Waals surface area contributed by atoms with Gasteiger partial charge >= 0.3 is 0 Å². The minimum Gasteiger partial charge on any atom is -0.327 e. The van der Waals surface area contributed by atoms with Crippen LogP contribution in [0.15, 0.2) is 6.33 Å². The summed E-state index contributed by atoms with van der Waals surface area (Å²) in [7, 11) is 0. The van der Waals surface area contributed by atoms with Crippen LogP contribution in [0.4, 0.5) is 0 Å². The van der Waals surface area contributed by atoms with Crippen molar-refractivity contribution in [3.63, 3.8) is 0 Å². The SMILES string of the molecule is CCCn1ncnc1CC(N)CSC1CCCCC1. The van der Waals surface area contributed by atoms with Gasteiger partial charge in [0.2, 0.25) is 0 Å². The predicted octanol–water partition coefficient (Wildman–Crippen LogP) is 2.62. The Bertz CT molecular complexity index is 360. The number of hydrogen-bond donors (Lipinski definition) is 1. The summed E-state index contributed by atoms with van der Waals surface area (Å²) < 4.78 is 1.99. The van der Waals surface area contributed by atoms with Gasteiger partial charge in [-0.05, 0) is 19.3 Å². The lowest BCUT2D eigenvalue weighted by Gasteiger charge is -2.22. The van der Waals surface area contributed by atoms with Crippen LogP contribution in [0.3, 0.4) is 0 Å². The van der Waals surface area contributed by atoms with Crippen molar-refractivity contribution in [1.82, 2.24) is 14.8 Å². The molecule has 1 aliphatic carbocycles. The van der Waals surface area contributed by atoms with Crippen molar-refractivity contribution in [1.29, 1.82) is 0 Å². The molecule has 0 amide bonds. The van der Waals surface area contributed by atoms with Gasteiger partial charge in [-0.25, -0.2) is 4.98 Å². The van der Waals surface area contributed by atoms with Gasteiger partial charge in [0.05, 0.1) is 0 Å². The van der Waals surface area contributed by atoms with Crippen LogP contribution in [0.25, 0.3) is 0 Å². The Morgan fingerprint density at radius 2 is 2.21 bits per heavy atom. The van der Waals surface area contributed by atoms with Gasteiger partial charge in [-0.1, -0.05) is 26.2 Å². The van der Waals surface area contributed by atoms with E-state index in [0.717, 1.165) is 36.2 Å². The standard InChI is InChI=1S/C14H26N4S/c1-2-8-18-14(16-11-17-18)9-12(15)10-19-13-6-4-3-5-7-13/h11-13H,2-10,15H2,1H3. The molecule has 4 nitrogen and oxygen atoms in total. The van der Waals surface area contributed by atoms with Crippen LogP contribution in [0, 0.1) is 0 Å². The molecule has 1 aromatic heterocycles. The molecule has 1 fully saturated rings. The molecule has 0 spiro atoms. The highest BCUT2D eigenvalue weighted by molar-refractivity contribution is 7.99. The number of rotatable bonds is 7. The Morgan fingerprint density at radius 3 is 2.95 bits per heavy atom. The summed E-state index contributed by atoms with van der Waals surface area (Å²) >= 11 is 2.06. The van der Waals surface area contributed by atoms with E-state index in [-0.39, 0.29) is 6.04 Å². The molecule has 0 bridgehead atoms. The molecule has 1 aliphatic rings. The third-order valence-corrected chi connectivity index (χ3v) is 5.24. The van der Waals surface area contributed by atoms with Crippen molar-refractivity contribution in [2.24, 2.45) is 5.73 Å². The number of aromatic nitrogens is 3. The molecule has 1 atom stereocenters. The van der Waals surface area contributed by atoms with Crippen molar-refractivity contribution in [2.45, 2.75) is 69.7 Å². The summed E-state index contributed by atoms with van der Waals surface area (Å²) in [4.78, 5) is 4.33. The largest absolute Gasteiger partial charge is 0.327 e. The van der Waals surface area contributed by atoms with Gasteiger partial charge in [0.1, 0.15) is 12.2 Å². The van der Waals surface area contributed by atoms with E-state index in [1.165, 1.54) is 32.1 Å². The van der Waals surface area contributed by atoms with E-state index in [4.69, 9.17) is 5.73 Å². The third-order valence-electron chi connectivity index (χ3n) is 3.67. The van der Waals surface area contributed by atoms with Crippen LogP contribution in [-0.4, -0.2) is 31.8 Å². The first-order valence-electron chi connectivity index (χ1n) is 7.53. The first-order valence-corrected chi connectivity index (χ1v) is 8.58. The molecule has 5 heteroatoms. The van der Waals surface area contributed by atoms with Crippen molar-refractivity contribution in [3.05, 3.63) is 12.2 Å². The fourth-order valence-corrected chi connectivity index (χ4v) is 3.93. The zero-order chi connectivity index (χ0) is 13.5. The van der Waals surface area contributed by atoms with Crippen molar-refractivity contribution in [3.8, 4) is 0 Å². The molecular weight excluding hydrogens is 256 g/mol. The van der Waals surface area contributed by atoms with E-state index < -0.39 is 0 Å². The Kier molecular flexibility index (Phi) is 6.17. The van der Waals surface area contributed by atoms with E-state index in [0.29, 0.717) is 0 Å². The quantitative estimate of drug-likeness (QED) is 0.835. The van der Waals surface area contributed by atoms with Gasteiger partial charge in [-0.2, -0.15) is 16.9 Å². The number of nitrogens with zero attached hydrogens (tertiary/aromatic N) is 3. The van der Waals surface area contributed by atoms with Gasteiger partial charge in [0, 0.05) is 30.0 Å². The molecule has 0 radical (unpaired) electrons. The molecule has 1 aromatic rings. The number of hydrogen-bond acceptors (Lipinski definition) is 4. The van der Waals surface area contributed by atoms with E-state index >= 15 is 0 Å². The highest BCUT2D eigenvalue weighted by Gasteiger charge is 2.16. The first-order chi connectivity index (χ1) is 9.29. The van der Waals surface area contributed by atoms with Crippen LogP contribution >= 0.6 is 11.8 Å². The minimum atomic E-state index is 0.201. The van der Waals surface area contributed by atoms with E-state index in [1.54, 1.807) is 6.33 Å². The summed E-state index contributed by atoms with van der Waals surface area (Å²) in [5, 5.41) is 5.09. The Balaban J connectivity index is 1.73. The van der Waals surface area contributed by atoms with Crippen molar-refractivity contribution >= 4 is 11.8 Å². The molecule has 1 heterocycles. The Labute approximate surface area is 120 Å². The second-order valence-electron chi connectivity index (χ2n) is 5.46. The van der Waals surface area contributed by atoms with Crippen LogP contribution in [0.1, 0.15) is 51.3 Å². The monoisotopic (exact) mass is 282 g/mol. The summed E-state index contributed by atoms with van der Waals surface area (Å²) in [5.74, 6) is 2.09.